The highest BCUT2D eigenvalue weighted by molar-refractivity contribution is 6.46. The maximum absolute atomic E-state index is 12.9. The van der Waals surface area contributed by atoms with Gasteiger partial charge in [0.15, 0.2) is 0 Å². The highest BCUT2D eigenvalue weighted by Crippen LogP contribution is 2.39. The van der Waals surface area contributed by atoms with Crippen LogP contribution in [0.4, 0.5) is 0 Å². The van der Waals surface area contributed by atoms with Gasteiger partial charge in [0.2, 0.25) is 0 Å². The Balaban J connectivity index is 1.63. The molecule has 1 aromatic carbocycles. The van der Waals surface area contributed by atoms with Gasteiger partial charge in [-0.1, -0.05) is 6.92 Å². The number of carbonyl (C=O) groups is 2. The van der Waals surface area contributed by atoms with Gasteiger partial charge in [-0.05, 0) is 49.2 Å². The zero-order valence-corrected chi connectivity index (χ0v) is 17.8. The predicted octanol–water partition coefficient (Wildman–Crippen LogP) is 3.78. The molecular weight excluding hydrogens is 410 g/mol. The number of rotatable bonds is 9. The summed E-state index contributed by atoms with van der Waals surface area (Å²) in [5.74, 6) is -0.509. The number of aryl methyl sites for hydroxylation is 1. The van der Waals surface area contributed by atoms with Crippen molar-refractivity contribution in [1.82, 2.24) is 14.5 Å². The molecule has 8 heteroatoms. The van der Waals surface area contributed by atoms with Gasteiger partial charge in [-0.3, -0.25) is 9.59 Å². The number of benzene rings is 1. The number of aromatic nitrogens is 2. The predicted molar refractivity (Wildman–Crippen MR) is 117 cm³/mol. The molecule has 0 radical (unpaired) electrons. The highest BCUT2D eigenvalue weighted by Gasteiger charge is 2.47. The lowest BCUT2D eigenvalue weighted by atomic mass is 9.99. The fourth-order valence-corrected chi connectivity index (χ4v) is 3.78. The summed E-state index contributed by atoms with van der Waals surface area (Å²) in [5.41, 5.74) is 0.455. The molecule has 4 rings (SSSR count). The van der Waals surface area contributed by atoms with Crippen LogP contribution < -0.4 is 4.74 Å². The average molecular weight is 435 g/mol. The summed E-state index contributed by atoms with van der Waals surface area (Å²) in [6, 6.07) is 9.41. The van der Waals surface area contributed by atoms with E-state index < -0.39 is 17.7 Å². The molecule has 3 aromatic rings. The molecule has 166 valence electrons. The van der Waals surface area contributed by atoms with Crippen LogP contribution in [0, 0.1) is 0 Å². The van der Waals surface area contributed by atoms with E-state index in [0.29, 0.717) is 43.2 Å². The zero-order valence-electron chi connectivity index (χ0n) is 17.8. The maximum Gasteiger partial charge on any atom is 0.295 e. The van der Waals surface area contributed by atoms with E-state index in [1.54, 1.807) is 48.9 Å². The summed E-state index contributed by atoms with van der Waals surface area (Å²) in [6.45, 7) is 3.58. The normalized spacial score (nSPS) is 17.8. The fourth-order valence-electron chi connectivity index (χ4n) is 3.78. The molecule has 2 aromatic heterocycles. The molecule has 3 heterocycles. The number of likely N-dealkylation sites (tertiary alicyclic amines) is 1. The molecular formula is C24H25N3O5. The van der Waals surface area contributed by atoms with Crippen molar-refractivity contribution < 1.29 is 23.8 Å². The molecule has 8 nitrogen and oxygen atoms in total. The largest absolute Gasteiger partial charge is 0.507 e. The minimum absolute atomic E-state index is 0.0230. The lowest BCUT2D eigenvalue weighted by Gasteiger charge is -2.23. The number of Topliss-reactive ketones (excluding diaryl/α,β-unsaturated/α-hetero) is 1. The Hall–Kier alpha value is -3.81. The van der Waals surface area contributed by atoms with Crippen LogP contribution in [0.25, 0.3) is 5.76 Å². The quantitative estimate of drug-likeness (QED) is 0.312. The monoisotopic (exact) mass is 435 g/mol. The number of aliphatic hydroxyl groups is 1. The smallest absolute Gasteiger partial charge is 0.295 e. The Labute approximate surface area is 185 Å². The van der Waals surface area contributed by atoms with E-state index in [4.69, 9.17) is 9.15 Å². The van der Waals surface area contributed by atoms with Crippen molar-refractivity contribution in [2.75, 3.05) is 13.2 Å². The minimum Gasteiger partial charge on any atom is -0.507 e. The number of ether oxygens (including phenoxy) is 1. The van der Waals surface area contributed by atoms with Gasteiger partial charge in [0.25, 0.3) is 11.7 Å². The SMILES string of the molecule is CCCOc1ccc(C(O)=C2C(=O)C(=O)N(CCCn3ccnc3)[C@H]2c2ccco2)cc1. The Bertz CT molecular complexity index is 1090. The minimum atomic E-state index is -0.788. The number of amides is 1. The number of hydrogen-bond acceptors (Lipinski definition) is 6. The van der Waals surface area contributed by atoms with Crippen molar-refractivity contribution in [3.05, 3.63) is 78.3 Å². The maximum atomic E-state index is 12.9. The van der Waals surface area contributed by atoms with Gasteiger partial charge >= 0.3 is 0 Å². The van der Waals surface area contributed by atoms with Gasteiger partial charge in [-0.25, -0.2) is 4.98 Å². The first kappa shape index (κ1) is 21.4. The molecule has 1 aliphatic heterocycles. The third-order valence-corrected chi connectivity index (χ3v) is 5.33. The van der Waals surface area contributed by atoms with E-state index >= 15 is 0 Å². The second kappa shape index (κ2) is 9.55. The number of furan rings is 1. The van der Waals surface area contributed by atoms with E-state index in [0.717, 1.165) is 6.42 Å². The van der Waals surface area contributed by atoms with E-state index in [1.807, 2.05) is 17.7 Å². The number of ketones is 1. The first-order valence-corrected chi connectivity index (χ1v) is 10.6. The van der Waals surface area contributed by atoms with Crippen molar-refractivity contribution in [2.24, 2.45) is 0 Å². The summed E-state index contributed by atoms with van der Waals surface area (Å²) in [6.07, 6.45) is 8.21. The fraction of sp³-hybridized carbons (Fsp3) is 0.292. The van der Waals surface area contributed by atoms with Crippen molar-refractivity contribution >= 4 is 17.4 Å². The Kier molecular flexibility index (Phi) is 6.39. The van der Waals surface area contributed by atoms with Crippen molar-refractivity contribution in [2.45, 2.75) is 32.4 Å². The number of hydrogen-bond donors (Lipinski definition) is 1. The molecule has 0 spiro atoms. The van der Waals surface area contributed by atoms with Crippen LogP contribution in [0.2, 0.25) is 0 Å². The molecule has 1 saturated heterocycles. The summed E-state index contributed by atoms with van der Waals surface area (Å²) in [5, 5.41) is 11.0. The van der Waals surface area contributed by atoms with Crippen LogP contribution in [0.15, 0.2) is 71.4 Å². The van der Waals surface area contributed by atoms with Crippen LogP contribution >= 0.6 is 0 Å². The molecule has 1 aliphatic rings. The molecule has 1 N–H and O–H groups in total. The third kappa shape index (κ3) is 4.30. The van der Waals surface area contributed by atoms with Gasteiger partial charge in [0.05, 0.1) is 24.8 Å². The van der Waals surface area contributed by atoms with Crippen LogP contribution in [-0.2, 0) is 16.1 Å². The second-order valence-corrected chi connectivity index (χ2v) is 7.53. The molecule has 1 atom stereocenters. The molecule has 0 saturated carbocycles. The number of aliphatic hydroxyl groups excluding tert-OH is 1. The Morgan fingerprint density at radius 2 is 2.00 bits per heavy atom. The second-order valence-electron chi connectivity index (χ2n) is 7.53. The van der Waals surface area contributed by atoms with E-state index in [2.05, 4.69) is 4.98 Å². The van der Waals surface area contributed by atoms with Crippen LogP contribution in [0.3, 0.4) is 0 Å². The van der Waals surface area contributed by atoms with E-state index in [9.17, 15) is 14.7 Å². The Morgan fingerprint density at radius 1 is 1.19 bits per heavy atom. The van der Waals surface area contributed by atoms with Gasteiger partial charge in [-0.2, -0.15) is 0 Å². The summed E-state index contributed by atoms with van der Waals surface area (Å²) < 4.78 is 13.0. The topological polar surface area (TPSA) is 97.8 Å². The van der Waals surface area contributed by atoms with Gasteiger partial charge in [-0.15, -0.1) is 0 Å². The molecule has 0 aliphatic carbocycles. The first-order valence-electron chi connectivity index (χ1n) is 10.6. The lowest BCUT2D eigenvalue weighted by Crippen LogP contribution is -2.31. The van der Waals surface area contributed by atoms with Gasteiger partial charge in [0, 0.05) is 31.0 Å². The van der Waals surface area contributed by atoms with Crippen LogP contribution in [-0.4, -0.2) is 44.4 Å². The first-order chi connectivity index (χ1) is 15.6. The number of nitrogens with zero attached hydrogens (tertiary/aromatic N) is 3. The molecule has 0 unspecified atom stereocenters. The summed E-state index contributed by atoms with van der Waals surface area (Å²) in [7, 11) is 0. The average Bonchev–Trinajstić information content (AvgIpc) is 3.56. The van der Waals surface area contributed by atoms with Gasteiger partial charge in [0.1, 0.15) is 23.3 Å². The molecule has 0 bridgehead atoms. The van der Waals surface area contributed by atoms with Gasteiger partial charge < -0.3 is 23.7 Å². The number of carbonyl (C=O) groups excluding carboxylic acids is 2. The standard InChI is InChI=1S/C24H25N3O5/c1-2-14-31-18-8-6-17(7-9-18)22(28)20-21(19-5-3-15-32-19)27(24(30)23(20)29)12-4-11-26-13-10-25-16-26/h3,5-10,13,15-16,21,28H,2,4,11-12,14H2,1H3/t21-/m0/s1. The van der Waals surface area contributed by atoms with Crippen molar-refractivity contribution in [3.63, 3.8) is 0 Å². The third-order valence-electron chi connectivity index (χ3n) is 5.33. The summed E-state index contributed by atoms with van der Waals surface area (Å²) >= 11 is 0. The summed E-state index contributed by atoms with van der Waals surface area (Å²) in [4.78, 5) is 31.3. The van der Waals surface area contributed by atoms with Crippen LogP contribution in [0.5, 0.6) is 5.75 Å². The van der Waals surface area contributed by atoms with E-state index in [-0.39, 0.29) is 11.3 Å². The van der Waals surface area contributed by atoms with Crippen molar-refractivity contribution in [1.29, 1.82) is 0 Å². The zero-order chi connectivity index (χ0) is 22.5. The highest BCUT2D eigenvalue weighted by atomic mass is 16.5. The molecule has 32 heavy (non-hydrogen) atoms. The number of imidazole rings is 1. The van der Waals surface area contributed by atoms with E-state index in [1.165, 1.54) is 11.2 Å². The molecule has 1 amide bonds. The lowest BCUT2D eigenvalue weighted by molar-refractivity contribution is -0.140. The van der Waals surface area contributed by atoms with Crippen molar-refractivity contribution in [3.8, 4) is 5.75 Å². The Morgan fingerprint density at radius 3 is 2.66 bits per heavy atom. The molecule has 1 fully saturated rings. The van der Waals surface area contributed by atoms with Crippen LogP contribution in [0.1, 0.15) is 37.1 Å².